The molecular formula is C22H28N2O3S. The van der Waals surface area contributed by atoms with Crippen LogP contribution in [-0.4, -0.2) is 55.7 Å². The molecule has 1 spiro atoms. The highest BCUT2D eigenvalue weighted by Crippen LogP contribution is 2.35. The third kappa shape index (κ3) is 4.40. The molecule has 1 fully saturated rings. The van der Waals surface area contributed by atoms with Crippen LogP contribution >= 0.6 is 0 Å². The van der Waals surface area contributed by atoms with E-state index in [-0.39, 0.29) is 0 Å². The Balaban J connectivity index is 1.55. The largest absolute Gasteiger partial charge is 0.484 e. The van der Waals surface area contributed by atoms with Gasteiger partial charge in [-0.25, -0.2) is 8.42 Å². The lowest BCUT2D eigenvalue weighted by Gasteiger charge is -2.43. The molecule has 0 aromatic heterocycles. The number of benzene rings is 2. The fraction of sp³-hybridized carbons (Fsp3) is 0.455. The van der Waals surface area contributed by atoms with Crippen molar-refractivity contribution in [2.75, 3.05) is 32.4 Å². The van der Waals surface area contributed by atoms with Crippen LogP contribution in [0.1, 0.15) is 24.0 Å². The zero-order valence-corrected chi connectivity index (χ0v) is 17.2. The van der Waals surface area contributed by atoms with Gasteiger partial charge in [0.2, 0.25) is 10.0 Å². The van der Waals surface area contributed by atoms with Gasteiger partial charge in [-0.3, -0.25) is 4.90 Å². The summed E-state index contributed by atoms with van der Waals surface area (Å²) < 4.78 is 33.0. The van der Waals surface area contributed by atoms with Gasteiger partial charge in [0.05, 0.1) is 12.8 Å². The van der Waals surface area contributed by atoms with E-state index in [1.807, 2.05) is 30.3 Å². The van der Waals surface area contributed by atoms with Crippen LogP contribution in [0.3, 0.4) is 0 Å². The fourth-order valence-electron chi connectivity index (χ4n) is 4.33. The van der Waals surface area contributed by atoms with Gasteiger partial charge in [-0.15, -0.1) is 0 Å². The molecule has 1 atom stereocenters. The summed E-state index contributed by atoms with van der Waals surface area (Å²) in [6, 6.07) is 18.3. The van der Waals surface area contributed by atoms with Crippen molar-refractivity contribution >= 4 is 10.0 Å². The first-order valence-electron chi connectivity index (χ1n) is 9.92. The minimum absolute atomic E-state index is 0.376. The van der Waals surface area contributed by atoms with Gasteiger partial charge >= 0.3 is 0 Å². The van der Waals surface area contributed by atoms with Crippen LogP contribution < -0.4 is 4.74 Å². The highest BCUT2D eigenvalue weighted by Gasteiger charge is 2.43. The van der Waals surface area contributed by atoms with Gasteiger partial charge in [0.15, 0.2) is 0 Å². The second kappa shape index (κ2) is 7.85. The second-order valence-electron chi connectivity index (χ2n) is 8.04. The third-order valence-corrected chi connectivity index (χ3v) is 6.95. The maximum Gasteiger partial charge on any atom is 0.211 e. The molecule has 1 saturated heterocycles. The smallest absolute Gasteiger partial charge is 0.211 e. The van der Waals surface area contributed by atoms with Gasteiger partial charge in [-0.05, 0) is 37.4 Å². The Morgan fingerprint density at radius 3 is 2.57 bits per heavy atom. The quantitative estimate of drug-likeness (QED) is 0.792. The summed E-state index contributed by atoms with van der Waals surface area (Å²) in [6.07, 6.45) is 4.16. The van der Waals surface area contributed by atoms with Crippen LogP contribution in [0, 0.1) is 0 Å². The van der Waals surface area contributed by atoms with Crippen molar-refractivity contribution in [3.63, 3.8) is 0 Å². The number of hydrogen-bond donors (Lipinski definition) is 0. The Kier molecular flexibility index (Phi) is 5.45. The van der Waals surface area contributed by atoms with Crippen LogP contribution in [-0.2, 0) is 23.0 Å². The summed E-state index contributed by atoms with van der Waals surface area (Å²) in [5.74, 6) is 0.818. The van der Waals surface area contributed by atoms with E-state index < -0.39 is 15.6 Å². The van der Waals surface area contributed by atoms with Crippen molar-refractivity contribution in [2.24, 2.45) is 0 Å². The molecule has 0 amide bonds. The lowest BCUT2D eigenvalue weighted by Crippen LogP contribution is -2.57. The Bertz CT molecular complexity index is 916. The van der Waals surface area contributed by atoms with Gasteiger partial charge in [0.25, 0.3) is 0 Å². The molecule has 0 N–H and O–H groups in total. The molecule has 150 valence electrons. The van der Waals surface area contributed by atoms with Crippen molar-refractivity contribution in [3.05, 3.63) is 65.7 Å². The van der Waals surface area contributed by atoms with Crippen LogP contribution in [0.25, 0.3) is 0 Å². The summed E-state index contributed by atoms with van der Waals surface area (Å²) in [5.41, 5.74) is 1.77. The van der Waals surface area contributed by atoms with Crippen molar-refractivity contribution < 1.29 is 13.2 Å². The Hall–Kier alpha value is -1.89. The highest BCUT2D eigenvalue weighted by atomic mass is 32.2. The topological polar surface area (TPSA) is 49.9 Å². The standard InChI is InChI=1S/C22H28N2O3S/c1-28(25,26)24-16-20-10-5-6-11-21(20)27-22(18-24)13-7-14-23(17-22)15-12-19-8-3-2-4-9-19/h2-6,8-11H,7,12-18H2,1H3/t22-/m1/s1. The predicted octanol–water partition coefficient (Wildman–Crippen LogP) is 2.92. The number of para-hydroxylation sites is 1. The van der Waals surface area contributed by atoms with E-state index in [0.29, 0.717) is 13.1 Å². The van der Waals surface area contributed by atoms with Gasteiger partial charge in [0.1, 0.15) is 11.4 Å². The number of rotatable bonds is 4. The molecule has 0 radical (unpaired) electrons. The Morgan fingerprint density at radius 1 is 1.04 bits per heavy atom. The van der Waals surface area contributed by atoms with E-state index in [0.717, 1.165) is 50.2 Å². The highest BCUT2D eigenvalue weighted by molar-refractivity contribution is 7.88. The first-order chi connectivity index (χ1) is 13.4. The second-order valence-corrected chi connectivity index (χ2v) is 10.0. The maximum atomic E-state index is 12.4. The molecule has 2 aromatic carbocycles. The molecule has 0 saturated carbocycles. The van der Waals surface area contributed by atoms with Crippen LogP contribution in [0.2, 0.25) is 0 Å². The summed E-state index contributed by atoms with van der Waals surface area (Å²) >= 11 is 0. The minimum atomic E-state index is -3.31. The SMILES string of the molecule is CS(=O)(=O)N1Cc2ccccc2O[C@@]2(CCCN(CCc3ccccc3)C2)C1. The molecule has 2 aliphatic heterocycles. The molecule has 0 bridgehead atoms. The average Bonchev–Trinajstić information content (AvgIpc) is 2.83. The van der Waals surface area contributed by atoms with Crippen molar-refractivity contribution in [1.82, 2.24) is 9.21 Å². The fourth-order valence-corrected chi connectivity index (χ4v) is 5.17. The van der Waals surface area contributed by atoms with Gasteiger partial charge < -0.3 is 4.74 Å². The first-order valence-corrected chi connectivity index (χ1v) is 11.8. The predicted molar refractivity (Wildman–Crippen MR) is 111 cm³/mol. The summed E-state index contributed by atoms with van der Waals surface area (Å²) in [6.45, 7) is 3.51. The van der Waals surface area contributed by atoms with Gasteiger partial charge in [-0.1, -0.05) is 48.5 Å². The first kappa shape index (κ1) is 19.4. The zero-order chi connectivity index (χ0) is 19.6. The summed E-state index contributed by atoms with van der Waals surface area (Å²) in [5, 5.41) is 0. The van der Waals surface area contributed by atoms with Crippen LogP contribution in [0.5, 0.6) is 5.75 Å². The number of piperidine rings is 1. The number of hydrogen-bond acceptors (Lipinski definition) is 4. The van der Waals surface area contributed by atoms with Crippen LogP contribution in [0.15, 0.2) is 54.6 Å². The number of likely N-dealkylation sites (tertiary alicyclic amines) is 1. The van der Waals surface area contributed by atoms with Crippen molar-refractivity contribution in [2.45, 2.75) is 31.4 Å². The van der Waals surface area contributed by atoms with Gasteiger partial charge in [-0.2, -0.15) is 4.31 Å². The van der Waals surface area contributed by atoms with E-state index >= 15 is 0 Å². The zero-order valence-electron chi connectivity index (χ0n) is 16.4. The van der Waals surface area contributed by atoms with E-state index in [1.54, 1.807) is 4.31 Å². The minimum Gasteiger partial charge on any atom is -0.484 e. The lowest BCUT2D eigenvalue weighted by atomic mass is 9.92. The summed E-state index contributed by atoms with van der Waals surface area (Å²) in [4.78, 5) is 2.42. The molecule has 2 aliphatic rings. The molecule has 28 heavy (non-hydrogen) atoms. The molecule has 2 heterocycles. The van der Waals surface area contributed by atoms with Crippen molar-refractivity contribution in [1.29, 1.82) is 0 Å². The number of fused-ring (bicyclic) bond motifs is 1. The average molecular weight is 401 g/mol. The number of nitrogens with zero attached hydrogens (tertiary/aromatic N) is 2. The third-order valence-electron chi connectivity index (χ3n) is 5.76. The Labute approximate surface area is 168 Å². The van der Waals surface area contributed by atoms with Crippen molar-refractivity contribution in [3.8, 4) is 5.75 Å². The number of ether oxygens (including phenoxy) is 1. The molecule has 2 aromatic rings. The normalized spacial score (nSPS) is 23.8. The monoisotopic (exact) mass is 400 g/mol. The van der Waals surface area contributed by atoms with Crippen LogP contribution in [0.4, 0.5) is 0 Å². The van der Waals surface area contributed by atoms with E-state index in [2.05, 4.69) is 29.2 Å². The van der Waals surface area contributed by atoms with E-state index in [4.69, 9.17) is 4.74 Å². The number of sulfonamides is 1. The van der Waals surface area contributed by atoms with E-state index in [1.165, 1.54) is 11.8 Å². The molecule has 4 rings (SSSR count). The maximum absolute atomic E-state index is 12.4. The molecule has 0 aliphatic carbocycles. The summed E-state index contributed by atoms with van der Waals surface area (Å²) in [7, 11) is -3.31. The molecular weight excluding hydrogens is 372 g/mol. The van der Waals surface area contributed by atoms with E-state index in [9.17, 15) is 8.42 Å². The molecule has 5 nitrogen and oxygen atoms in total. The Morgan fingerprint density at radius 2 is 1.79 bits per heavy atom. The van der Waals surface area contributed by atoms with Gasteiger partial charge in [0, 0.05) is 25.2 Å². The molecule has 6 heteroatoms. The molecule has 0 unspecified atom stereocenters. The lowest BCUT2D eigenvalue weighted by molar-refractivity contribution is -0.0149.